The lowest BCUT2D eigenvalue weighted by Crippen LogP contribution is -2.15. The molecule has 0 spiro atoms. The van der Waals surface area contributed by atoms with E-state index in [2.05, 4.69) is 5.32 Å². The van der Waals surface area contributed by atoms with Crippen molar-refractivity contribution in [3.63, 3.8) is 0 Å². The molecule has 1 saturated heterocycles. The van der Waals surface area contributed by atoms with Crippen molar-refractivity contribution in [2.24, 2.45) is 0 Å². The highest BCUT2D eigenvalue weighted by Crippen LogP contribution is 2.51. The predicted octanol–water partition coefficient (Wildman–Crippen LogP) is 2.87. The van der Waals surface area contributed by atoms with Crippen LogP contribution in [-0.4, -0.2) is 24.5 Å². The van der Waals surface area contributed by atoms with Crippen molar-refractivity contribution in [1.29, 1.82) is 0 Å². The van der Waals surface area contributed by atoms with Crippen LogP contribution in [0.25, 0.3) is 11.0 Å². The van der Waals surface area contributed by atoms with E-state index in [0.29, 0.717) is 17.1 Å². The van der Waals surface area contributed by atoms with Gasteiger partial charge >= 0.3 is 11.6 Å². The Morgan fingerprint density at radius 1 is 1.21 bits per heavy atom. The average molecular weight is 395 g/mol. The van der Waals surface area contributed by atoms with Crippen LogP contribution >= 0.6 is 0 Å². The highest BCUT2D eigenvalue weighted by atomic mass is 16.7. The molecule has 2 unspecified atom stereocenters. The quantitative estimate of drug-likeness (QED) is 0.513. The van der Waals surface area contributed by atoms with E-state index in [1.165, 1.54) is 7.11 Å². The zero-order valence-corrected chi connectivity index (χ0v) is 15.4. The van der Waals surface area contributed by atoms with Crippen molar-refractivity contribution in [2.45, 2.75) is 25.2 Å². The van der Waals surface area contributed by atoms with Gasteiger partial charge in [0.15, 0.2) is 5.58 Å². The van der Waals surface area contributed by atoms with Crippen molar-refractivity contribution in [2.75, 3.05) is 12.4 Å². The first kappa shape index (κ1) is 17.4. The molecule has 1 fully saturated rings. The van der Waals surface area contributed by atoms with Crippen molar-refractivity contribution >= 4 is 22.6 Å². The van der Waals surface area contributed by atoms with Crippen LogP contribution in [0.3, 0.4) is 0 Å². The maximum absolute atomic E-state index is 12.7. The van der Waals surface area contributed by atoms with Crippen LogP contribution in [0.5, 0.6) is 17.2 Å². The number of nitrogens with one attached hydrogen (secondary N) is 1. The Morgan fingerprint density at radius 3 is 2.76 bits per heavy atom. The van der Waals surface area contributed by atoms with Crippen molar-refractivity contribution < 1.29 is 28.5 Å². The summed E-state index contributed by atoms with van der Waals surface area (Å²) < 4.78 is 21.9. The average Bonchev–Trinajstić information content (AvgIpc) is 3.23. The number of para-hydroxylation sites is 1. The third-order valence-electron chi connectivity index (χ3n) is 5.25. The van der Waals surface area contributed by atoms with Crippen LogP contribution in [0.15, 0.2) is 45.6 Å². The summed E-state index contributed by atoms with van der Waals surface area (Å²) >= 11 is 0. The van der Waals surface area contributed by atoms with E-state index < -0.39 is 17.8 Å². The van der Waals surface area contributed by atoms with Gasteiger partial charge in [0.05, 0.1) is 31.6 Å². The fourth-order valence-electron chi connectivity index (χ4n) is 3.88. The summed E-state index contributed by atoms with van der Waals surface area (Å²) in [6.07, 6.45) is -0.652. The van der Waals surface area contributed by atoms with E-state index in [4.69, 9.17) is 18.6 Å². The summed E-state index contributed by atoms with van der Waals surface area (Å²) in [5, 5.41) is 14.3. The van der Waals surface area contributed by atoms with Gasteiger partial charge in [0.1, 0.15) is 22.6 Å². The lowest BCUT2D eigenvalue weighted by atomic mass is 9.95. The fourth-order valence-corrected chi connectivity index (χ4v) is 3.88. The highest BCUT2D eigenvalue weighted by Gasteiger charge is 2.47. The number of fused-ring (bicyclic) bond motifs is 5. The SMILES string of the molecule is COc1cc2c(c3oc(=O)c(CNc4ccccc4)c(O)c13)C1CC(=O)OC1O2. The number of carbonyl (C=O) groups is 1. The molecule has 8 nitrogen and oxygen atoms in total. The Morgan fingerprint density at radius 2 is 2.00 bits per heavy atom. The summed E-state index contributed by atoms with van der Waals surface area (Å²) in [7, 11) is 1.45. The number of esters is 1. The summed E-state index contributed by atoms with van der Waals surface area (Å²) in [5.41, 5.74) is 0.879. The minimum Gasteiger partial charge on any atom is -0.506 e. The molecule has 2 aliphatic heterocycles. The Bertz CT molecular complexity index is 1190. The van der Waals surface area contributed by atoms with Crippen molar-refractivity contribution in [3.8, 4) is 17.2 Å². The lowest BCUT2D eigenvalue weighted by Gasteiger charge is -2.14. The van der Waals surface area contributed by atoms with Gasteiger partial charge in [-0.05, 0) is 12.1 Å². The fraction of sp³-hybridized carbons (Fsp3) is 0.238. The monoisotopic (exact) mass is 395 g/mol. The van der Waals surface area contributed by atoms with Crippen molar-refractivity contribution in [1.82, 2.24) is 0 Å². The maximum Gasteiger partial charge on any atom is 0.345 e. The molecule has 2 aromatic carbocycles. The molecule has 2 N–H and O–H groups in total. The molecule has 5 rings (SSSR count). The molecule has 29 heavy (non-hydrogen) atoms. The molecule has 0 amide bonds. The van der Waals surface area contributed by atoms with Crippen LogP contribution in [0.4, 0.5) is 5.69 Å². The van der Waals surface area contributed by atoms with E-state index >= 15 is 0 Å². The zero-order chi connectivity index (χ0) is 20.1. The number of ether oxygens (including phenoxy) is 3. The van der Waals surface area contributed by atoms with Gasteiger partial charge in [-0.3, -0.25) is 4.79 Å². The Kier molecular flexibility index (Phi) is 3.87. The van der Waals surface area contributed by atoms with Crippen LogP contribution < -0.4 is 20.4 Å². The molecule has 0 aliphatic carbocycles. The second kappa shape index (κ2) is 6.44. The normalized spacial score (nSPS) is 19.4. The summed E-state index contributed by atoms with van der Waals surface area (Å²) in [4.78, 5) is 24.3. The number of hydrogen-bond acceptors (Lipinski definition) is 8. The Hall–Kier alpha value is -3.68. The molecule has 3 heterocycles. The minimum absolute atomic E-state index is 0.0680. The van der Waals surface area contributed by atoms with Gasteiger partial charge in [-0.2, -0.15) is 0 Å². The molecule has 2 aliphatic rings. The van der Waals surface area contributed by atoms with Gasteiger partial charge < -0.3 is 29.1 Å². The first-order chi connectivity index (χ1) is 14.1. The predicted molar refractivity (Wildman–Crippen MR) is 102 cm³/mol. The second-order valence-electron chi connectivity index (χ2n) is 6.92. The largest absolute Gasteiger partial charge is 0.506 e. The molecule has 148 valence electrons. The summed E-state index contributed by atoms with van der Waals surface area (Å²) in [6, 6.07) is 10.9. The molecule has 8 heteroatoms. The van der Waals surface area contributed by atoms with Gasteiger partial charge in [-0.15, -0.1) is 0 Å². The third kappa shape index (κ3) is 2.67. The molecule has 2 atom stereocenters. The number of methoxy groups -OCH3 is 1. The molecular weight excluding hydrogens is 378 g/mol. The molecule has 0 saturated carbocycles. The zero-order valence-electron chi connectivity index (χ0n) is 15.4. The van der Waals surface area contributed by atoms with Crippen LogP contribution in [0.1, 0.15) is 23.5 Å². The first-order valence-corrected chi connectivity index (χ1v) is 9.11. The topological polar surface area (TPSA) is 107 Å². The van der Waals surface area contributed by atoms with Crippen molar-refractivity contribution in [3.05, 3.63) is 57.9 Å². The lowest BCUT2D eigenvalue weighted by molar-refractivity contribution is -0.150. The van der Waals surface area contributed by atoms with Gasteiger partial charge in [0, 0.05) is 17.3 Å². The standard InChI is InChI=1S/C21H17NO7/c1-26-13-8-14-16(11-7-15(23)28-21(11)27-14)19-17(13)18(24)12(20(25)29-19)9-22-10-5-3-2-4-6-10/h2-6,8,11,21-22,24H,7,9H2,1H3. The van der Waals surface area contributed by atoms with E-state index in [-0.39, 0.29) is 41.2 Å². The molecule has 1 aromatic heterocycles. The second-order valence-corrected chi connectivity index (χ2v) is 6.92. The third-order valence-corrected chi connectivity index (χ3v) is 5.25. The molecule has 0 bridgehead atoms. The van der Waals surface area contributed by atoms with E-state index in [9.17, 15) is 14.7 Å². The van der Waals surface area contributed by atoms with Gasteiger partial charge in [0.25, 0.3) is 6.29 Å². The smallest absolute Gasteiger partial charge is 0.345 e. The van der Waals surface area contributed by atoms with Gasteiger partial charge in [-0.25, -0.2) is 4.79 Å². The van der Waals surface area contributed by atoms with Crippen LogP contribution in [0, 0.1) is 0 Å². The Labute approximate surface area is 164 Å². The van der Waals surface area contributed by atoms with Crippen LogP contribution in [-0.2, 0) is 16.1 Å². The van der Waals surface area contributed by atoms with E-state index in [1.54, 1.807) is 6.07 Å². The van der Waals surface area contributed by atoms with Crippen LogP contribution in [0.2, 0.25) is 0 Å². The van der Waals surface area contributed by atoms with E-state index in [0.717, 1.165) is 5.69 Å². The number of anilines is 1. The number of benzene rings is 2. The molecule has 0 radical (unpaired) electrons. The Balaban J connectivity index is 1.65. The summed E-state index contributed by atoms with van der Waals surface area (Å²) in [6.45, 7) is 0.0680. The van der Waals surface area contributed by atoms with Gasteiger partial charge in [0.2, 0.25) is 0 Å². The number of rotatable bonds is 4. The highest BCUT2D eigenvalue weighted by molar-refractivity contribution is 5.95. The van der Waals surface area contributed by atoms with Gasteiger partial charge in [-0.1, -0.05) is 18.2 Å². The maximum atomic E-state index is 12.7. The molecular formula is C21H17NO7. The number of carbonyl (C=O) groups excluding carboxylic acids is 1. The number of aromatic hydroxyl groups is 1. The molecule has 3 aromatic rings. The summed E-state index contributed by atoms with van der Waals surface area (Å²) in [5.74, 6) is -0.304. The number of hydrogen-bond donors (Lipinski definition) is 2. The first-order valence-electron chi connectivity index (χ1n) is 9.11. The van der Waals surface area contributed by atoms with E-state index in [1.807, 2.05) is 30.3 Å². The minimum atomic E-state index is -0.764.